The normalized spacial score (nSPS) is 13.2. The number of rotatable bonds is 5. The smallest absolute Gasteiger partial charge is 0.354 e. The zero-order valence-electron chi connectivity index (χ0n) is 12.5. The van der Waals surface area contributed by atoms with E-state index in [0.717, 1.165) is 12.8 Å². The van der Waals surface area contributed by atoms with E-state index in [4.69, 9.17) is 5.11 Å². The van der Waals surface area contributed by atoms with Crippen LogP contribution in [-0.4, -0.2) is 32.9 Å². The lowest BCUT2D eigenvalue weighted by molar-refractivity contribution is -0.117. The molecule has 0 aromatic carbocycles. The highest BCUT2D eigenvalue weighted by Gasteiger charge is 2.29. The Morgan fingerprint density at radius 3 is 2.33 bits per heavy atom. The van der Waals surface area contributed by atoms with Gasteiger partial charge in [-0.15, -0.1) is 0 Å². The summed E-state index contributed by atoms with van der Waals surface area (Å²) in [7, 11) is 0. The molecule has 2 aromatic rings. The van der Waals surface area contributed by atoms with Gasteiger partial charge in [-0.3, -0.25) is 9.59 Å². The van der Waals surface area contributed by atoms with E-state index in [0.29, 0.717) is 11.5 Å². The van der Waals surface area contributed by atoms with Crippen LogP contribution in [0.25, 0.3) is 0 Å². The Bertz CT molecular complexity index is 783. The maximum Gasteiger partial charge on any atom is 0.354 e. The molecule has 1 aliphatic carbocycles. The van der Waals surface area contributed by atoms with Gasteiger partial charge >= 0.3 is 5.97 Å². The quantitative estimate of drug-likeness (QED) is 0.770. The van der Waals surface area contributed by atoms with Crippen molar-refractivity contribution < 1.29 is 19.5 Å². The molecule has 0 unspecified atom stereocenters. The number of hydrogen-bond donors (Lipinski definition) is 3. The first-order valence-corrected chi connectivity index (χ1v) is 7.30. The number of aromatic nitrogens is 2. The standard InChI is InChI=1S/C16H14N4O4/c21-14(9-1-2-9)20-13-6-4-11(8-18-13)19-15(22)10-3-5-12(16(23)24)17-7-10/h3-9H,1-2H2,(H,19,22)(H,23,24)(H,18,20,21). The van der Waals surface area contributed by atoms with Crippen LogP contribution >= 0.6 is 0 Å². The van der Waals surface area contributed by atoms with E-state index in [-0.39, 0.29) is 23.1 Å². The summed E-state index contributed by atoms with van der Waals surface area (Å²) in [4.78, 5) is 42.2. The van der Waals surface area contributed by atoms with E-state index in [1.165, 1.54) is 24.5 Å². The zero-order chi connectivity index (χ0) is 17.1. The van der Waals surface area contributed by atoms with E-state index >= 15 is 0 Å². The van der Waals surface area contributed by atoms with Gasteiger partial charge in [0.25, 0.3) is 5.91 Å². The Morgan fingerprint density at radius 1 is 1.00 bits per heavy atom. The summed E-state index contributed by atoms with van der Waals surface area (Å²) in [6.07, 6.45) is 4.44. The fraction of sp³-hybridized carbons (Fsp3) is 0.188. The largest absolute Gasteiger partial charge is 0.477 e. The van der Waals surface area contributed by atoms with Gasteiger partial charge in [0.2, 0.25) is 5.91 Å². The topological polar surface area (TPSA) is 121 Å². The first kappa shape index (κ1) is 15.6. The molecule has 24 heavy (non-hydrogen) atoms. The number of carbonyl (C=O) groups is 3. The summed E-state index contributed by atoms with van der Waals surface area (Å²) in [5.74, 6) is -1.11. The third-order valence-electron chi connectivity index (χ3n) is 3.47. The van der Waals surface area contributed by atoms with Gasteiger partial charge in [-0.2, -0.15) is 0 Å². The maximum atomic E-state index is 12.1. The molecule has 1 fully saturated rings. The minimum Gasteiger partial charge on any atom is -0.477 e. The lowest BCUT2D eigenvalue weighted by atomic mass is 10.2. The zero-order valence-corrected chi connectivity index (χ0v) is 12.5. The molecule has 0 aliphatic heterocycles. The molecular formula is C16H14N4O4. The van der Waals surface area contributed by atoms with Crippen LogP contribution in [0.15, 0.2) is 36.7 Å². The number of nitrogens with zero attached hydrogens (tertiary/aromatic N) is 2. The molecule has 2 heterocycles. The minimum atomic E-state index is -1.16. The van der Waals surface area contributed by atoms with Crippen LogP contribution in [0.4, 0.5) is 11.5 Å². The molecule has 0 atom stereocenters. The van der Waals surface area contributed by atoms with E-state index in [1.807, 2.05) is 0 Å². The number of carboxylic acids is 1. The van der Waals surface area contributed by atoms with Gasteiger partial charge in [-0.05, 0) is 37.1 Å². The minimum absolute atomic E-state index is 0.0381. The van der Waals surface area contributed by atoms with Crippen LogP contribution in [0.3, 0.4) is 0 Å². The average molecular weight is 326 g/mol. The van der Waals surface area contributed by atoms with Gasteiger partial charge in [-0.25, -0.2) is 14.8 Å². The Morgan fingerprint density at radius 2 is 1.79 bits per heavy atom. The Balaban J connectivity index is 1.61. The summed E-state index contributed by atoms with van der Waals surface area (Å²) in [5.41, 5.74) is 0.543. The van der Waals surface area contributed by atoms with Crippen LogP contribution < -0.4 is 10.6 Å². The number of carbonyl (C=O) groups excluding carboxylic acids is 2. The van der Waals surface area contributed by atoms with Crippen LogP contribution in [0, 0.1) is 5.92 Å². The maximum absolute atomic E-state index is 12.1. The summed E-state index contributed by atoms with van der Waals surface area (Å²) >= 11 is 0. The molecule has 1 aliphatic rings. The monoisotopic (exact) mass is 326 g/mol. The molecule has 122 valence electrons. The Hall–Kier alpha value is -3.29. The van der Waals surface area contributed by atoms with Crippen molar-refractivity contribution in [3.8, 4) is 0 Å². The van der Waals surface area contributed by atoms with Gasteiger partial charge < -0.3 is 15.7 Å². The first-order chi connectivity index (χ1) is 11.5. The third-order valence-corrected chi connectivity index (χ3v) is 3.47. The lowest BCUT2D eigenvalue weighted by Gasteiger charge is -2.07. The van der Waals surface area contributed by atoms with E-state index in [9.17, 15) is 14.4 Å². The van der Waals surface area contributed by atoms with Gasteiger partial charge in [0, 0.05) is 12.1 Å². The van der Waals surface area contributed by atoms with Crippen LogP contribution in [-0.2, 0) is 4.79 Å². The molecule has 1 saturated carbocycles. The predicted octanol–water partition coefficient (Wildman–Crippen LogP) is 1.78. The van der Waals surface area contributed by atoms with E-state index in [1.54, 1.807) is 12.1 Å². The number of pyridine rings is 2. The molecule has 0 bridgehead atoms. The first-order valence-electron chi connectivity index (χ1n) is 7.30. The van der Waals surface area contributed by atoms with Crippen LogP contribution in [0.1, 0.15) is 33.7 Å². The molecule has 8 heteroatoms. The highest BCUT2D eigenvalue weighted by molar-refractivity contribution is 6.04. The van der Waals surface area contributed by atoms with Gasteiger partial charge in [-0.1, -0.05) is 0 Å². The second-order valence-electron chi connectivity index (χ2n) is 5.39. The molecular weight excluding hydrogens is 312 g/mol. The fourth-order valence-corrected chi connectivity index (χ4v) is 1.97. The van der Waals surface area contributed by atoms with Crippen LogP contribution in [0.5, 0.6) is 0 Å². The number of nitrogens with one attached hydrogen (secondary N) is 2. The molecule has 0 radical (unpaired) electrons. The number of amides is 2. The fourth-order valence-electron chi connectivity index (χ4n) is 1.97. The predicted molar refractivity (Wildman–Crippen MR) is 84.7 cm³/mol. The molecule has 3 rings (SSSR count). The lowest BCUT2D eigenvalue weighted by Crippen LogP contribution is -2.15. The number of aromatic carboxylic acids is 1. The molecule has 0 saturated heterocycles. The molecule has 2 aromatic heterocycles. The van der Waals surface area contributed by atoms with Crippen molar-refractivity contribution in [2.75, 3.05) is 10.6 Å². The second kappa shape index (κ2) is 6.45. The van der Waals surface area contributed by atoms with Gasteiger partial charge in [0.1, 0.15) is 11.5 Å². The van der Waals surface area contributed by atoms with Gasteiger partial charge in [0.15, 0.2) is 0 Å². The van der Waals surface area contributed by atoms with E-state index in [2.05, 4.69) is 20.6 Å². The summed E-state index contributed by atoms with van der Waals surface area (Å²) in [5, 5.41) is 14.1. The Labute approximate surface area is 136 Å². The van der Waals surface area contributed by atoms with E-state index < -0.39 is 11.9 Å². The van der Waals surface area contributed by atoms with Gasteiger partial charge in [0.05, 0.1) is 17.4 Å². The molecule has 0 spiro atoms. The van der Waals surface area contributed by atoms with Crippen molar-refractivity contribution >= 4 is 29.3 Å². The SMILES string of the molecule is O=C(Nc1ccc(NC(=O)C2CC2)nc1)c1ccc(C(=O)O)nc1. The number of carboxylic acid groups (broad SMARTS) is 1. The van der Waals surface area contributed by atoms with Crippen molar-refractivity contribution in [1.82, 2.24) is 9.97 Å². The average Bonchev–Trinajstić information content (AvgIpc) is 3.41. The van der Waals surface area contributed by atoms with Crippen molar-refractivity contribution in [3.05, 3.63) is 47.9 Å². The van der Waals surface area contributed by atoms with Crippen molar-refractivity contribution in [3.63, 3.8) is 0 Å². The molecule has 3 N–H and O–H groups in total. The summed E-state index contributed by atoms with van der Waals surface area (Å²) < 4.78 is 0. The third kappa shape index (κ3) is 3.72. The molecule has 8 nitrogen and oxygen atoms in total. The summed E-state index contributed by atoms with van der Waals surface area (Å²) in [6.45, 7) is 0. The number of hydrogen-bond acceptors (Lipinski definition) is 5. The highest BCUT2D eigenvalue weighted by Crippen LogP contribution is 2.29. The van der Waals surface area contributed by atoms with Crippen molar-refractivity contribution in [2.24, 2.45) is 5.92 Å². The molecule has 2 amide bonds. The Kier molecular flexibility index (Phi) is 4.19. The summed E-state index contributed by atoms with van der Waals surface area (Å²) in [6, 6.07) is 5.85. The second-order valence-corrected chi connectivity index (χ2v) is 5.39. The van der Waals surface area contributed by atoms with Crippen molar-refractivity contribution in [1.29, 1.82) is 0 Å². The number of anilines is 2. The van der Waals surface area contributed by atoms with Crippen LogP contribution in [0.2, 0.25) is 0 Å². The van der Waals surface area contributed by atoms with Crippen molar-refractivity contribution in [2.45, 2.75) is 12.8 Å². The highest BCUT2D eigenvalue weighted by atomic mass is 16.4.